The normalized spacial score (nSPS) is 18.6. The van der Waals surface area contributed by atoms with Gasteiger partial charge >= 0.3 is 0 Å². The Morgan fingerprint density at radius 2 is 1.86 bits per heavy atom. The van der Waals surface area contributed by atoms with Crippen LogP contribution in [0.15, 0.2) is 24.3 Å². The maximum Gasteiger partial charge on any atom is 0.215 e. The van der Waals surface area contributed by atoms with E-state index in [1.54, 1.807) is 24.3 Å². The van der Waals surface area contributed by atoms with Crippen LogP contribution in [0.2, 0.25) is 5.02 Å². The monoisotopic (exact) mass is 331 g/mol. The first-order chi connectivity index (χ1) is 9.96. The molecule has 1 aromatic rings. The smallest absolute Gasteiger partial charge is 0.215 e. The van der Waals surface area contributed by atoms with Crippen molar-refractivity contribution in [3.63, 3.8) is 0 Å². The van der Waals surface area contributed by atoms with Gasteiger partial charge in [-0.15, -0.1) is 0 Å². The molecule has 118 valence electrons. The first-order valence-corrected chi connectivity index (χ1v) is 9.31. The summed E-state index contributed by atoms with van der Waals surface area (Å²) in [6.07, 6.45) is 5.00. The lowest BCUT2D eigenvalue weighted by atomic mass is 9.75. The van der Waals surface area contributed by atoms with Crippen molar-refractivity contribution in [3.8, 4) is 0 Å². The molecule has 1 aliphatic rings. The number of nitrogens with one attached hydrogen (secondary N) is 1. The highest BCUT2D eigenvalue weighted by molar-refractivity contribution is 7.88. The molecule has 1 aromatic carbocycles. The zero-order chi connectivity index (χ0) is 15.3. The molecule has 0 aromatic heterocycles. The highest BCUT2D eigenvalue weighted by atomic mass is 35.5. The minimum Gasteiger partial charge on any atom is -0.396 e. The molecule has 1 fully saturated rings. The zero-order valence-corrected chi connectivity index (χ0v) is 13.6. The lowest BCUT2D eigenvalue weighted by Gasteiger charge is -2.35. The van der Waals surface area contributed by atoms with Gasteiger partial charge < -0.3 is 5.11 Å². The molecule has 0 unspecified atom stereocenters. The largest absolute Gasteiger partial charge is 0.396 e. The van der Waals surface area contributed by atoms with Gasteiger partial charge in [-0.05, 0) is 24.5 Å². The van der Waals surface area contributed by atoms with Crippen LogP contribution in [0.4, 0.5) is 0 Å². The fraction of sp³-hybridized carbons (Fsp3) is 0.600. The van der Waals surface area contributed by atoms with Gasteiger partial charge in [0.05, 0.1) is 5.75 Å². The Hall–Kier alpha value is -0.620. The van der Waals surface area contributed by atoms with E-state index < -0.39 is 10.0 Å². The topological polar surface area (TPSA) is 66.4 Å². The molecule has 6 heteroatoms. The second kappa shape index (κ2) is 7.09. The van der Waals surface area contributed by atoms with E-state index in [-0.39, 0.29) is 17.8 Å². The number of rotatable bonds is 6. The summed E-state index contributed by atoms with van der Waals surface area (Å²) in [5.74, 6) is -0.131. The Bertz CT molecular complexity index is 568. The number of aliphatic hydroxyl groups is 1. The van der Waals surface area contributed by atoms with Gasteiger partial charge in [-0.3, -0.25) is 0 Å². The highest BCUT2D eigenvalue weighted by Gasteiger charge is 2.32. The van der Waals surface area contributed by atoms with E-state index in [4.69, 9.17) is 11.6 Å². The van der Waals surface area contributed by atoms with Gasteiger partial charge in [0.15, 0.2) is 0 Å². The van der Waals surface area contributed by atoms with Crippen molar-refractivity contribution in [3.05, 3.63) is 34.9 Å². The van der Waals surface area contributed by atoms with E-state index in [2.05, 4.69) is 4.72 Å². The van der Waals surface area contributed by atoms with E-state index in [0.717, 1.165) is 32.1 Å². The lowest BCUT2D eigenvalue weighted by molar-refractivity contribution is 0.0867. The predicted molar refractivity (Wildman–Crippen MR) is 84.7 cm³/mol. The maximum atomic E-state index is 12.2. The summed E-state index contributed by atoms with van der Waals surface area (Å²) in [6.45, 7) is 0.331. The molecule has 0 radical (unpaired) electrons. The first-order valence-electron chi connectivity index (χ1n) is 7.28. The van der Waals surface area contributed by atoms with Crippen molar-refractivity contribution in [2.24, 2.45) is 5.41 Å². The molecule has 2 N–H and O–H groups in total. The molecule has 0 heterocycles. The summed E-state index contributed by atoms with van der Waals surface area (Å²) in [6, 6.07) is 6.94. The van der Waals surface area contributed by atoms with Crippen LogP contribution in [0.5, 0.6) is 0 Å². The van der Waals surface area contributed by atoms with Crippen molar-refractivity contribution in [2.75, 3.05) is 13.2 Å². The van der Waals surface area contributed by atoms with Gasteiger partial charge in [-0.2, -0.15) is 0 Å². The van der Waals surface area contributed by atoms with Gasteiger partial charge in [-0.25, -0.2) is 13.1 Å². The number of sulfonamides is 1. The van der Waals surface area contributed by atoms with E-state index >= 15 is 0 Å². The number of benzene rings is 1. The Labute approximate surface area is 131 Å². The highest BCUT2D eigenvalue weighted by Crippen LogP contribution is 2.35. The summed E-state index contributed by atoms with van der Waals surface area (Å²) in [7, 11) is -3.45. The lowest BCUT2D eigenvalue weighted by Crippen LogP contribution is -2.41. The molecule has 0 aliphatic heterocycles. The molecule has 0 spiro atoms. The zero-order valence-electron chi connectivity index (χ0n) is 12.0. The standard InChI is InChI=1S/C15H22ClNO3S/c16-14-7-3-2-6-13(14)10-21(19,20)17-11-15(12-18)8-4-1-5-9-15/h2-3,6-7,17-18H,1,4-5,8-12H2. The number of hydrogen-bond donors (Lipinski definition) is 2. The van der Waals surface area contributed by atoms with Crippen LogP contribution < -0.4 is 4.72 Å². The van der Waals surface area contributed by atoms with Crippen LogP contribution in [-0.4, -0.2) is 26.7 Å². The molecular weight excluding hydrogens is 310 g/mol. The molecule has 0 atom stereocenters. The summed E-state index contributed by atoms with van der Waals surface area (Å²) in [4.78, 5) is 0. The molecule has 1 aliphatic carbocycles. The van der Waals surface area contributed by atoms with Crippen molar-refractivity contribution in [1.82, 2.24) is 4.72 Å². The van der Waals surface area contributed by atoms with Crippen LogP contribution in [0.3, 0.4) is 0 Å². The molecule has 0 bridgehead atoms. The van der Waals surface area contributed by atoms with E-state index in [0.29, 0.717) is 17.1 Å². The van der Waals surface area contributed by atoms with Crippen molar-refractivity contribution in [2.45, 2.75) is 37.9 Å². The Morgan fingerprint density at radius 3 is 2.48 bits per heavy atom. The number of aliphatic hydroxyl groups excluding tert-OH is 1. The maximum absolute atomic E-state index is 12.2. The van der Waals surface area contributed by atoms with Crippen LogP contribution in [-0.2, 0) is 15.8 Å². The van der Waals surface area contributed by atoms with Crippen LogP contribution in [0, 0.1) is 5.41 Å². The second-order valence-corrected chi connectivity index (χ2v) is 8.10. The third kappa shape index (κ3) is 4.68. The molecule has 21 heavy (non-hydrogen) atoms. The average Bonchev–Trinajstić information content (AvgIpc) is 2.49. The Balaban J connectivity index is 1.99. The third-order valence-electron chi connectivity index (χ3n) is 4.22. The minimum atomic E-state index is -3.45. The molecule has 0 amide bonds. The Morgan fingerprint density at radius 1 is 1.19 bits per heavy atom. The van der Waals surface area contributed by atoms with Crippen molar-refractivity contribution >= 4 is 21.6 Å². The molecule has 0 saturated heterocycles. The fourth-order valence-corrected chi connectivity index (χ4v) is 4.40. The fourth-order valence-electron chi connectivity index (χ4n) is 2.83. The number of hydrogen-bond acceptors (Lipinski definition) is 3. The van der Waals surface area contributed by atoms with Gasteiger partial charge in [0.1, 0.15) is 0 Å². The van der Waals surface area contributed by atoms with Gasteiger partial charge in [0.25, 0.3) is 0 Å². The van der Waals surface area contributed by atoms with Gasteiger partial charge in [0.2, 0.25) is 10.0 Å². The van der Waals surface area contributed by atoms with E-state index in [9.17, 15) is 13.5 Å². The number of halogens is 1. The second-order valence-electron chi connectivity index (χ2n) is 5.89. The van der Waals surface area contributed by atoms with Crippen LogP contribution in [0.25, 0.3) is 0 Å². The summed E-state index contributed by atoms with van der Waals surface area (Å²) < 4.78 is 27.1. The first kappa shape index (κ1) is 16.7. The molecule has 4 nitrogen and oxygen atoms in total. The molecule has 2 rings (SSSR count). The molecule has 1 saturated carbocycles. The summed E-state index contributed by atoms with van der Waals surface area (Å²) in [5.41, 5.74) is 0.291. The van der Waals surface area contributed by atoms with Crippen LogP contribution in [0.1, 0.15) is 37.7 Å². The van der Waals surface area contributed by atoms with E-state index in [1.165, 1.54) is 0 Å². The van der Waals surface area contributed by atoms with Gasteiger partial charge in [0, 0.05) is 23.6 Å². The summed E-state index contributed by atoms with van der Waals surface area (Å²) in [5, 5.41) is 10.1. The van der Waals surface area contributed by atoms with Crippen LogP contribution >= 0.6 is 11.6 Å². The van der Waals surface area contributed by atoms with E-state index in [1.807, 2.05) is 0 Å². The minimum absolute atomic E-state index is 0.0294. The Kier molecular flexibility index (Phi) is 5.66. The summed E-state index contributed by atoms with van der Waals surface area (Å²) >= 11 is 6.00. The van der Waals surface area contributed by atoms with Gasteiger partial charge in [-0.1, -0.05) is 49.1 Å². The van der Waals surface area contributed by atoms with Crippen molar-refractivity contribution < 1.29 is 13.5 Å². The predicted octanol–water partition coefficient (Wildman–Crippen LogP) is 2.70. The third-order valence-corrected chi connectivity index (χ3v) is 5.86. The average molecular weight is 332 g/mol. The quantitative estimate of drug-likeness (QED) is 0.842. The SMILES string of the molecule is O=S(=O)(Cc1ccccc1Cl)NCC1(CO)CCCCC1. The molecular formula is C15H22ClNO3S. The van der Waals surface area contributed by atoms with Crippen molar-refractivity contribution in [1.29, 1.82) is 0 Å².